The summed E-state index contributed by atoms with van der Waals surface area (Å²) in [4.78, 5) is 30.6. The smallest absolute Gasteiger partial charge is 0.257 e. The molecule has 0 aliphatic carbocycles. The number of hydrogen-bond acceptors (Lipinski definition) is 3. The summed E-state index contributed by atoms with van der Waals surface area (Å²) in [7, 11) is 0. The Bertz CT molecular complexity index is 917. The van der Waals surface area contributed by atoms with Crippen LogP contribution in [0, 0.1) is 0 Å². The summed E-state index contributed by atoms with van der Waals surface area (Å²) >= 11 is 5.87. The van der Waals surface area contributed by atoms with Gasteiger partial charge >= 0.3 is 0 Å². The van der Waals surface area contributed by atoms with E-state index in [4.69, 9.17) is 11.6 Å². The summed E-state index contributed by atoms with van der Waals surface area (Å²) in [6.45, 7) is 0. The maximum absolute atomic E-state index is 12.8. The zero-order valence-electron chi connectivity index (χ0n) is 12.0. The van der Waals surface area contributed by atoms with Crippen molar-refractivity contribution >= 4 is 40.1 Å². The molecule has 2 amide bonds. The molecule has 23 heavy (non-hydrogen) atoms. The molecular formula is C17H12ClN3O2. The Labute approximate surface area is 137 Å². The molecule has 4 rings (SSSR count). The Morgan fingerprint density at radius 1 is 1.04 bits per heavy atom. The maximum atomic E-state index is 12.8. The van der Waals surface area contributed by atoms with Crippen molar-refractivity contribution in [1.82, 2.24) is 9.55 Å². The summed E-state index contributed by atoms with van der Waals surface area (Å²) in [5.41, 5.74) is 2.19. The average Bonchev–Trinajstić information content (AvgIpc) is 3.10. The van der Waals surface area contributed by atoms with Crippen molar-refractivity contribution in [3.05, 3.63) is 59.9 Å². The molecule has 1 atom stereocenters. The summed E-state index contributed by atoms with van der Waals surface area (Å²) in [6.07, 6.45) is 1.74. The number of halogens is 1. The zero-order chi connectivity index (χ0) is 16.0. The van der Waals surface area contributed by atoms with Crippen LogP contribution in [0.15, 0.2) is 54.9 Å². The minimum Gasteiger partial charge on any atom is -0.317 e. The molecule has 1 fully saturated rings. The van der Waals surface area contributed by atoms with Gasteiger partial charge in [-0.25, -0.2) is 9.88 Å². The van der Waals surface area contributed by atoms with Gasteiger partial charge in [0, 0.05) is 5.02 Å². The lowest BCUT2D eigenvalue weighted by atomic mass is 10.2. The lowest BCUT2D eigenvalue weighted by Crippen LogP contribution is -2.30. The molecule has 0 radical (unpaired) electrons. The lowest BCUT2D eigenvalue weighted by molar-refractivity contribution is -0.122. The van der Waals surface area contributed by atoms with Crippen LogP contribution in [0.3, 0.4) is 0 Å². The van der Waals surface area contributed by atoms with Gasteiger partial charge in [0.25, 0.3) is 5.91 Å². The average molecular weight is 326 g/mol. The number of imide groups is 1. The molecule has 1 aliphatic heterocycles. The first-order chi connectivity index (χ1) is 11.1. The molecular weight excluding hydrogens is 314 g/mol. The quantitative estimate of drug-likeness (QED) is 0.680. The number of fused-ring (bicyclic) bond motifs is 1. The van der Waals surface area contributed by atoms with Crippen molar-refractivity contribution in [3.8, 4) is 0 Å². The molecule has 2 heterocycles. The van der Waals surface area contributed by atoms with Crippen LogP contribution < -0.4 is 4.90 Å². The van der Waals surface area contributed by atoms with Crippen molar-refractivity contribution in [3.63, 3.8) is 0 Å². The number of para-hydroxylation sites is 2. The van der Waals surface area contributed by atoms with Crippen LogP contribution in [-0.4, -0.2) is 21.4 Å². The van der Waals surface area contributed by atoms with E-state index < -0.39 is 6.04 Å². The summed E-state index contributed by atoms with van der Waals surface area (Å²) in [5, 5.41) is 0.560. The highest BCUT2D eigenvalue weighted by molar-refractivity contribution is 6.30. The largest absolute Gasteiger partial charge is 0.317 e. The highest BCUT2D eigenvalue weighted by atomic mass is 35.5. The third-order valence-electron chi connectivity index (χ3n) is 4.02. The van der Waals surface area contributed by atoms with E-state index in [9.17, 15) is 9.59 Å². The number of benzene rings is 2. The Morgan fingerprint density at radius 3 is 2.57 bits per heavy atom. The first kappa shape index (κ1) is 14.0. The van der Waals surface area contributed by atoms with Gasteiger partial charge in [0.1, 0.15) is 6.04 Å². The number of aromatic nitrogens is 2. The van der Waals surface area contributed by atoms with E-state index in [1.165, 1.54) is 4.90 Å². The van der Waals surface area contributed by atoms with Crippen LogP contribution in [0.4, 0.5) is 5.69 Å². The maximum Gasteiger partial charge on any atom is 0.257 e. The predicted molar refractivity (Wildman–Crippen MR) is 87.3 cm³/mol. The predicted octanol–water partition coefficient (Wildman–Crippen LogP) is 3.19. The molecule has 1 aromatic heterocycles. The Morgan fingerprint density at radius 2 is 1.78 bits per heavy atom. The van der Waals surface area contributed by atoms with Gasteiger partial charge in [0.05, 0.1) is 29.5 Å². The summed E-state index contributed by atoms with van der Waals surface area (Å²) in [5.74, 6) is -0.472. The molecule has 6 heteroatoms. The fourth-order valence-electron chi connectivity index (χ4n) is 2.92. The SMILES string of the molecule is O=C1C[C@H](n2cnc3ccccc32)C(=O)N1c1ccc(Cl)cc1. The van der Waals surface area contributed by atoms with Crippen molar-refractivity contribution < 1.29 is 9.59 Å². The fourth-order valence-corrected chi connectivity index (χ4v) is 3.05. The molecule has 114 valence electrons. The second-order valence-electron chi connectivity index (χ2n) is 5.40. The van der Waals surface area contributed by atoms with E-state index in [0.717, 1.165) is 11.0 Å². The van der Waals surface area contributed by atoms with Crippen LogP contribution in [-0.2, 0) is 9.59 Å². The molecule has 1 saturated heterocycles. The fraction of sp³-hybridized carbons (Fsp3) is 0.118. The second-order valence-corrected chi connectivity index (χ2v) is 5.84. The Balaban J connectivity index is 1.74. The van der Waals surface area contributed by atoms with E-state index in [2.05, 4.69) is 4.98 Å². The first-order valence-electron chi connectivity index (χ1n) is 7.19. The van der Waals surface area contributed by atoms with Crippen LogP contribution in [0.5, 0.6) is 0 Å². The van der Waals surface area contributed by atoms with E-state index in [1.807, 2.05) is 24.3 Å². The van der Waals surface area contributed by atoms with Gasteiger partial charge < -0.3 is 4.57 Å². The molecule has 0 unspecified atom stereocenters. The van der Waals surface area contributed by atoms with Crippen LogP contribution in [0.25, 0.3) is 11.0 Å². The van der Waals surface area contributed by atoms with Gasteiger partial charge in [0.15, 0.2) is 0 Å². The normalized spacial score (nSPS) is 18.1. The number of hydrogen-bond donors (Lipinski definition) is 0. The molecule has 5 nitrogen and oxygen atoms in total. The molecule has 0 bridgehead atoms. The van der Waals surface area contributed by atoms with Crippen molar-refractivity contribution in [2.45, 2.75) is 12.5 Å². The Kier molecular flexibility index (Phi) is 3.16. The number of anilines is 1. The van der Waals surface area contributed by atoms with Gasteiger partial charge in [-0.15, -0.1) is 0 Å². The van der Waals surface area contributed by atoms with E-state index in [-0.39, 0.29) is 18.2 Å². The van der Waals surface area contributed by atoms with Gasteiger partial charge in [-0.3, -0.25) is 9.59 Å². The molecule has 2 aromatic carbocycles. The lowest BCUT2D eigenvalue weighted by Gasteiger charge is -2.15. The minimum atomic E-state index is -0.564. The van der Waals surface area contributed by atoms with Crippen molar-refractivity contribution in [2.24, 2.45) is 0 Å². The zero-order valence-corrected chi connectivity index (χ0v) is 12.8. The number of carbonyl (C=O) groups excluding carboxylic acids is 2. The molecule has 3 aromatic rings. The van der Waals surface area contributed by atoms with Crippen LogP contribution in [0.2, 0.25) is 5.02 Å². The second kappa shape index (κ2) is 5.21. The van der Waals surface area contributed by atoms with Gasteiger partial charge in [-0.1, -0.05) is 23.7 Å². The van der Waals surface area contributed by atoms with Crippen LogP contribution >= 0.6 is 11.6 Å². The number of imidazole rings is 1. The first-order valence-corrected chi connectivity index (χ1v) is 7.57. The molecule has 0 saturated carbocycles. The van der Waals surface area contributed by atoms with Crippen LogP contribution in [0.1, 0.15) is 12.5 Å². The summed E-state index contributed by atoms with van der Waals surface area (Å²) < 4.78 is 1.77. The highest BCUT2D eigenvalue weighted by Crippen LogP contribution is 2.32. The van der Waals surface area contributed by atoms with Crippen molar-refractivity contribution in [1.29, 1.82) is 0 Å². The standard InChI is InChI=1S/C17H12ClN3O2/c18-11-5-7-12(8-6-11)21-16(22)9-15(17(21)23)20-10-19-13-3-1-2-4-14(13)20/h1-8,10,15H,9H2/t15-/m0/s1. The minimum absolute atomic E-state index is 0.127. The number of rotatable bonds is 2. The highest BCUT2D eigenvalue weighted by Gasteiger charge is 2.41. The number of amides is 2. The van der Waals surface area contributed by atoms with E-state index in [0.29, 0.717) is 10.7 Å². The van der Waals surface area contributed by atoms with Crippen molar-refractivity contribution in [2.75, 3.05) is 4.90 Å². The summed E-state index contributed by atoms with van der Waals surface area (Å²) in [6, 6.07) is 13.7. The number of nitrogens with zero attached hydrogens (tertiary/aromatic N) is 3. The molecule has 0 spiro atoms. The third-order valence-corrected chi connectivity index (χ3v) is 4.28. The topological polar surface area (TPSA) is 55.2 Å². The molecule has 0 N–H and O–H groups in total. The van der Waals surface area contributed by atoms with Gasteiger partial charge in [0.2, 0.25) is 5.91 Å². The monoisotopic (exact) mass is 325 g/mol. The van der Waals surface area contributed by atoms with Gasteiger partial charge in [-0.2, -0.15) is 0 Å². The third kappa shape index (κ3) is 2.21. The van der Waals surface area contributed by atoms with E-state index >= 15 is 0 Å². The Hall–Kier alpha value is -2.66. The van der Waals surface area contributed by atoms with E-state index in [1.54, 1.807) is 35.2 Å². The van der Waals surface area contributed by atoms with Gasteiger partial charge in [-0.05, 0) is 36.4 Å². The number of carbonyl (C=O) groups is 2. The molecule has 1 aliphatic rings.